The van der Waals surface area contributed by atoms with E-state index in [4.69, 9.17) is 5.73 Å². The smallest absolute Gasteiger partial charge is 0.0315 e. The van der Waals surface area contributed by atoms with Crippen molar-refractivity contribution in [3.05, 3.63) is 35.6 Å². The van der Waals surface area contributed by atoms with Gasteiger partial charge in [-0.3, -0.25) is 0 Å². The Hall–Kier alpha value is -0.980. The summed E-state index contributed by atoms with van der Waals surface area (Å²) in [6, 6.07) is 0. The van der Waals surface area contributed by atoms with Crippen LogP contribution < -0.4 is 5.73 Å². The van der Waals surface area contributed by atoms with Gasteiger partial charge >= 0.3 is 0 Å². The van der Waals surface area contributed by atoms with Crippen LogP contribution in [0.2, 0.25) is 0 Å². The van der Waals surface area contributed by atoms with Gasteiger partial charge in [0.1, 0.15) is 0 Å². The quantitative estimate of drug-likeness (QED) is 0.581. The fourth-order valence-corrected chi connectivity index (χ4v) is 0.660. The summed E-state index contributed by atoms with van der Waals surface area (Å²) in [4.78, 5) is 0. The molecule has 56 valence electrons. The predicted octanol–water partition coefficient (Wildman–Crippen LogP) is 2.37. The molecule has 0 bridgehead atoms. The maximum atomic E-state index is 5.60. The van der Waals surface area contributed by atoms with Gasteiger partial charge < -0.3 is 5.73 Å². The van der Waals surface area contributed by atoms with E-state index in [1.807, 2.05) is 32.9 Å². The van der Waals surface area contributed by atoms with E-state index < -0.39 is 0 Å². The molecule has 1 heteroatoms. The van der Waals surface area contributed by atoms with Gasteiger partial charge in [-0.05, 0) is 32.9 Å². The molecule has 0 saturated carbocycles. The Kier molecular flexibility index (Phi) is 3.55. The van der Waals surface area contributed by atoms with Crippen molar-refractivity contribution in [2.24, 2.45) is 5.73 Å². The molecular weight excluding hydrogens is 122 g/mol. The summed E-state index contributed by atoms with van der Waals surface area (Å²) in [5.41, 5.74) is 8.56. The van der Waals surface area contributed by atoms with Crippen molar-refractivity contribution in [3.8, 4) is 0 Å². The second-order valence-electron chi connectivity index (χ2n) is 2.71. The SMILES string of the molecule is C=C(C)/C=C(/N)C=C(C)C. The molecular formula is C9H15N. The Morgan fingerprint density at radius 2 is 1.70 bits per heavy atom. The lowest BCUT2D eigenvalue weighted by Gasteiger charge is -1.93. The number of hydrogen-bond acceptors (Lipinski definition) is 1. The van der Waals surface area contributed by atoms with Gasteiger partial charge in [0, 0.05) is 5.70 Å². The van der Waals surface area contributed by atoms with Crippen molar-refractivity contribution in [2.75, 3.05) is 0 Å². The molecule has 10 heavy (non-hydrogen) atoms. The standard InChI is InChI=1S/C9H15N/c1-7(2)5-9(10)6-8(3)4/h5-6H,1,10H2,2-4H3/b9-5+. The Morgan fingerprint density at radius 3 is 2.00 bits per heavy atom. The summed E-state index contributed by atoms with van der Waals surface area (Å²) in [7, 11) is 0. The largest absolute Gasteiger partial charge is 0.399 e. The lowest BCUT2D eigenvalue weighted by Crippen LogP contribution is -1.93. The van der Waals surface area contributed by atoms with E-state index in [-0.39, 0.29) is 0 Å². The topological polar surface area (TPSA) is 26.0 Å². The third-order valence-electron chi connectivity index (χ3n) is 0.868. The van der Waals surface area contributed by atoms with Crippen LogP contribution in [0.25, 0.3) is 0 Å². The molecule has 0 aliphatic heterocycles. The zero-order valence-electron chi connectivity index (χ0n) is 6.94. The molecule has 0 saturated heterocycles. The van der Waals surface area contributed by atoms with E-state index in [1.165, 1.54) is 5.57 Å². The lowest BCUT2D eigenvalue weighted by atomic mass is 10.2. The van der Waals surface area contributed by atoms with Gasteiger partial charge in [-0.15, -0.1) is 0 Å². The molecule has 0 aliphatic carbocycles. The van der Waals surface area contributed by atoms with Gasteiger partial charge in [0.25, 0.3) is 0 Å². The molecule has 0 unspecified atom stereocenters. The summed E-state index contributed by atoms with van der Waals surface area (Å²) in [5.74, 6) is 0. The first-order valence-corrected chi connectivity index (χ1v) is 3.30. The first-order chi connectivity index (χ1) is 4.52. The normalized spacial score (nSPS) is 10.9. The van der Waals surface area contributed by atoms with Crippen molar-refractivity contribution < 1.29 is 0 Å². The van der Waals surface area contributed by atoms with Crippen LogP contribution in [0.15, 0.2) is 35.6 Å². The van der Waals surface area contributed by atoms with Gasteiger partial charge in [-0.25, -0.2) is 0 Å². The van der Waals surface area contributed by atoms with Gasteiger partial charge in [0.05, 0.1) is 0 Å². The van der Waals surface area contributed by atoms with Gasteiger partial charge in [-0.1, -0.05) is 17.7 Å². The fourth-order valence-electron chi connectivity index (χ4n) is 0.660. The summed E-state index contributed by atoms with van der Waals surface area (Å²) < 4.78 is 0. The highest BCUT2D eigenvalue weighted by molar-refractivity contribution is 5.26. The molecule has 0 rings (SSSR count). The molecule has 0 aromatic heterocycles. The van der Waals surface area contributed by atoms with Crippen LogP contribution in [-0.2, 0) is 0 Å². The van der Waals surface area contributed by atoms with Crippen LogP contribution in [0.4, 0.5) is 0 Å². The van der Waals surface area contributed by atoms with E-state index in [1.54, 1.807) is 0 Å². The van der Waals surface area contributed by atoms with Gasteiger partial charge in [-0.2, -0.15) is 0 Å². The second kappa shape index (κ2) is 3.94. The third kappa shape index (κ3) is 5.16. The van der Waals surface area contributed by atoms with Crippen LogP contribution >= 0.6 is 0 Å². The fraction of sp³-hybridized carbons (Fsp3) is 0.333. The Balaban J connectivity index is 4.22. The molecule has 1 nitrogen and oxygen atoms in total. The van der Waals surface area contributed by atoms with Crippen LogP contribution in [0, 0.1) is 0 Å². The molecule has 0 spiro atoms. The molecule has 0 atom stereocenters. The average Bonchev–Trinajstić information content (AvgIpc) is 1.58. The minimum absolute atomic E-state index is 0.771. The van der Waals surface area contributed by atoms with E-state index >= 15 is 0 Å². The Labute approximate surface area is 62.9 Å². The maximum Gasteiger partial charge on any atom is 0.0315 e. The number of hydrogen-bond donors (Lipinski definition) is 1. The third-order valence-corrected chi connectivity index (χ3v) is 0.868. The first-order valence-electron chi connectivity index (χ1n) is 3.30. The predicted molar refractivity (Wildman–Crippen MR) is 46.5 cm³/mol. The minimum atomic E-state index is 0.771. The van der Waals surface area contributed by atoms with Crippen LogP contribution in [0.1, 0.15) is 20.8 Å². The van der Waals surface area contributed by atoms with Gasteiger partial charge in [0.2, 0.25) is 0 Å². The summed E-state index contributed by atoms with van der Waals surface area (Å²) in [5, 5.41) is 0. The van der Waals surface area contributed by atoms with Crippen molar-refractivity contribution in [1.29, 1.82) is 0 Å². The molecule has 0 amide bonds. The molecule has 2 N–H and O–H groups in total. The van der Waals surface area contributed by atoms with E-state index in [2.05, 4.69) is 6.58 Å². The molecule has 0 radical (unpaired) electrons. The molecule has 0 aliphatic rings. The van der Waals surface area contributed by atoms with E-state index in [9.17, 15) is 0 Å². The minimum Gasteiger partial charge on any atom is -0.399 e. The van der Waals surface area contributed by atoms with Crippen LogP contribution in [0.3, 0.4) is 0 Å². The highest BCUT2D eigenvalue weighted by Gasteiger charge is 1.83. The molecule has 0 heterocycles. The zero-order valence-corrected chi connectivity index (χ0v) is 6.94. The maximum absolute atomic E-state index is 5.60. The monoisotopic (exact) mass is 137 g/mol. The Bertz CT molecular complexity index is 181. The molecule has 0 aromatic rings. The summed E-state index contributed by atoms with van der Waals surface area (Å²) >= 11 is 0. The van der Waals surface area contributed by atoms with Crippen LogP contribution in [-0.4, -0.2) is 0 Å². The zero-order chi connectivity index (χ0) is 8.15. The Morgan fingerprint density at radius 1 is 1.20 bits per heavy atom. The number of nitrogens with two attached hydrogens (primary N) is 1. The van der Waals surface area contributed by atoms with Crippen molar-refractivity contribution >= 4 is 0 Å². The van der Waals surface area contributed by atoms with E-state index in [0.717, 1.165) is 11.3 Å². The summed E-state index contributed by atoms with van der Waals surface area (Å²) in [6.07, 6.45) is 3.78. The number of rotatable bonds is 2. The number of allylic oxidation sites excluding steroid dienone is 4. The molecule has 0 aromatic carbocycles. The van der Waals surface area contributed by atoms with Gasteiger partial charge in [0.15, 0.2) is 0 Å². The first kappa shape index (κ1) is 9.02. The average molecular weight is 137 g/mol. The summed E-state index contributed by atoms with van der Waals surface area (Å²) in [6.45, 7) is 9.67. The lowest BCUT2D eigenvalue weighted by molar-refractivity contribution is 1.31. The highest BCUT2D eigenvalue weighted by Crippen LogP contribution is 1.98. The van der Waals surface area contributed by atoms with Crippen molar-refractivity contribution in [2.45, 2.75) is 20.8 Å². The van der Waals surface area contributed by atoms with Crippen molar-refractivity contribution in [3.63, 3.8) is 0 Å². The van der Waals surface area contributed by atoms with Crippen LogP contribution in [0.5, 0.6) is 0 Å². The van der Waals surface area contributed by atoms with Crippen molar-refractivity contribution in [1.82, 2.24) is 0 Å². The van der Waals surface area contributed by atoms with E-state index in [0.29, 0.717) is 0 Å². The highest BCUT2D eigenvalue weighted by atomic mass is 14.6. The molecule has 0 fully saturated rings. The second-order valence-corrected chi connectivity index (χ2v) is 2.71.